The minimum Gasteiger partial charge on any atom is -0.321 e. The first-order valence-corrected chi connectivity index (χ1v) is 7.55. The first-order valence-electron chi connectivity index (χ1n) is 6.76. The van der Waals surface area contributed by atoms with E-state index in [1.165, 1.54) is 6.07 Å². The quantitative estimate of drug-likeness (QED) is 0.909. The van der Waals surface area contributed by atoms with Crippen LogP contribution in [-0.4, -0.2) is 4.98 Å². The van der Waals surface area contributed by atoms with Gasteiger partial charge in [-0.25, -0.2) is 4.39 Å². The Kier molecular flexibility index (Phi) is 3.61. The van der Waals surface area contributed by atoms with Gasteiger partial charge in [0.05, 0.1) is 0 Å². The Hall–Kier alpha value is -1.26. The van der Waals surface area contributed by atoms with Gasteiger partial charge in [-0.3, -0.25) is 4.98 Å². The highest BCUT2D eigenvalue weighted by Gasteiger charge is 2.35. The molecule has 20 heavy (non-hydrogen) atoms. The van der Waals surface area contributed by atoms with Crippen LogP contribution < -0.4 is 5.73 Å². The van der Waals surface area contributed by atoms with Crippen LogP contribution in [0.5, 0.6) is 0 Å². The van der Waals surface area contributed by atoms with Crippen molar-refractivity contribution in [2.75, 3.05) is 0 Å². The molecule has 0 fully saturated rings. The molecule has 0 saturated carbocycles. The molecule has 1 unspecified atom stereocenters. The molecule has 104 valence electrons. The number of aryl methyl sites for hydroxylation is 1. The number of rotatable bonds is 2. The van der Waals surface area contributed by atoms with Crippen LogP contribution in [0.2, 0.25) is 0 Å². The van der Waals surface area contributed by atoms with Crippen LogP contribution in [0.3, 0.4) is 0 Å². The molecule has 0 aliphatic heterocycles. The van der Waals surface area contributed by atoms with Crippen LogP contribution in [0.1, 0.15) is 29.7 Å². The molecule has 1 atom stereocenters. The molecule has 2 aromatic rings. The Morgan fingerprint density at radius 3 is 2.90 bits per heavy atom. The second kappa shape index (κ2) is 5.26. The topological polar surface area (TPSA) is 38.9 Å². The zero-order valence-corrected chi connectivity index (χ0v) is 12.7. The van der Waals surface area contributed by atoms with E-state index in [0.717, 1.165) is 35.0 Å². The van der Waals surface area contributed by atoms with Crippen LogP contribution in [0, 0.1) is 5.82 Å². The van der Waals surface area contributed by atoms with E-state index in [-0.39, 0.29) is 5.82 Å². The highest BCUT2D eigenvalue weighted by Crippen LogP contribution is 2.37. The molecule has 2 N–H and O–H groups in total. The van der Waals surface area contributed by atoms with Crippen molar-refractivity contribution < 1.29 is 4.39 Å². The molecule has 0 saturated heterocycles. The van der Waals surface area contributed by atoms with Crippen molar-refractivity contribution in [1.82, 2.24) is 4.98 Å². The van der Waals surface area contributed by atoms with Gasteiger partial charge in [-0.15, -0.1) is 0 Å². The maximum absolute atomic E-state index is 14.2. The number of hydrogen-bond donors (Lipinski definition) is 1. The van der Waals surface area contributed by atoms with E-state index in [2.05, 4.69) is 20.9 Å². The lowest BCUT2D eigenvalue weighted by Crippen LogP contribution is -2.43. The summed E-state index contributed by atoms with van der Waals surface area (Å²) in [7, 11) is 0. The van der Waals surface area contributed by atoms with Crippen molar-refractivity contribution >= 4 is 15.9 Å². The summed E-state index contributed by atoms with van der Waals surface area (Å²) < 4.78 is 15.2. The highest BCUT2D eigenvalue weighted by atomic mass is 79.9. The van der Waals surface area contributed by atoms with E-state index in [4.69, 9.17) is 5.73 Å². The largest absolute Gasteiger partial charge is 0.321 e. The van der Waals surface area contributed by atoms with Gasteiger partial charge in [-0.1, -0.05) is 12.1 Å². The SMILES string of the molecule is NC1(Cc2ccc(Br)cn2)CCCc2cccc(F)c21. The Bertz CT molecular complexity index is 627. The fourth-order valence-corrected chi connectivity index (χ4v) is 3.30. The van der Waals surface area contributed by atoms with Gasteiger partial charge >= 0.3 is 0 Å². The first kappa shape index (κ1) is 13.7. The minimum absolute atomic E-state index is 0.193. The van der Waals surface area contributed by atoms with Crippen molar-refractivity contribution in [2.45, 2.75) is 31.2 Å². The number of aromatic nitrogens is 1. The second-order valence-corrected chi connectivity index (χ2v) is 6.34. The van der Waals surface area contributed by atoms with Crippen LogP contribution >= 0.6 is 15.9 Å². The lowest BCUT2D eigenvalue weighted by atomic mass is 9.74. The van der Waals surface area contributed by atoms with E-state index in [1.54, 1.807) is 12.3 Å². The summed E-state index contributed by atoms with van der Waals surface area (Å²) >= 11 is 3.37. The molecule has 0 spiro atoms. The Balaban J connectivity index is 1.99. The highest BCUT2D eigenvalue weighted by molar-refractivity contribution is 9.10. The predicted octanol–water partition coefficient (Wildman–Crippen LogP) is 3.72. The van der Waals surface area contributed by atoms with Crippen molar-refractivity contribution in [3.63, 3.8) is 0 Å². The summed E-state index contributed by atoms with van der Waals surface area (Å²) in [5, 5.41) is 0. The lowest BCUT2D eigenvalue weighted by molar-refractivity contribution is 0.349. The van der Waals surface area contributed by atoms with Gasteiger partial charge in [0.1, 0.15) is 5.82 Å². The molecule has 2 nitrogen and oxygen atoms in total. The third-order valence-electron chi connectivity index (χ3n) is 3.95. The zero-order valence-electron chi connectivity index (χ0n) is 11.1. The molecule has 0 amide bonds. The third-order valence-corrected chi connectivity index (χ3v) is 4.42. The molecule has 3 rings (SSSR count). The number of hydrogen-bond acceptors (Lipinski definition) is 2. The van der Waals surface area contributed by atoms with Gasteiger partial charge in [0.15, 0.2) is 0 Å². The van der Waals surface area contributed by atoms with E-state index in [9.17, 15) is 4.39 Å². The van der Waals surface area contributed by atoms with E-state index < -0.39 is 5.54 Å². The number of nitrogens with two attached hydrogens (primary N) is 1. The summed E-state index contributed by atoms with van der Waals surface area (Å²) in [4.78, 5) is 4.37. The number of halogens is 2. The second-order valence-electron chi connectivity index (χ2n) is 5.43. The molecule has 1 aliphatic carbocycles. The van der Waals surface area contributed by atoms with Gasteiger partial charge < -0.3 is 5.73 Å². The molecule has 0 radical (unpaired) electrons. The molecule has 1 aromatic heterocycles. The van der Waals surface area contributed by atoms with Gasteiger partial charge in [0.25, 0.3) is 0 Å². The molecule has 0 bridgehead atoms. The van der Waals surface area contributed by atoms with Crippen molar-refractivity contribution in [3.05, 3.63) is 63.6 Å². The fraction of sp³-hybridized carbons (Fsp3) is 0.312. The summed E-state index contributed by atoms with van der Waals surface area (Å²) in [5.41, 5.74) is 8.51. The molecule has 4 heteroatoms. The van der Waals surface area contributed by atoms with Crippen LogP contribution in [0.4, 0.5) is 4.39 Å². The summed E-state index contributed by atoms with van der Waals surface area (Å²) in [5.74, 6) is -0.193. The smallest absolute Gasteiger partial charge is 0.128 e. The number of nitrogens with zero attached hydrogens (tertiary/aromatic N) is 1. The average Bonchev–Trinajstić information content (AvgIpc) is 2.41. The zero-order chi connectivity index (χ0) is 14.2. The van der Waals surface area contributed by atoms with Gasteiger partial charge in [0, 0.05) is 33.9 Å². The van der Waals surface area contributed by atoms with E-state index in [0.29, 0.717) is 12.0 Å². The standard InChI is InChI=1S/C16H16BrFN2/c17-12-6-7-13(20-10-12)9-16(19)8-2-4-11-3-1-5-14(18)15(11)16/h1,3,5-7,10H,2,4,8-9,19H2. The van der Waals surface area contributed by atoms with Crippen LogP contribution in [-0.2, 0) is 18.4 Å². The van der Waals surface area contributed by atoms with E-state index >= 15 is 0 Å². The summed E-state index contributed by atoms with van der Waals surface area (Å²) in [6.45, 7) is 0. The summed E-state index contributed by atoms with van der Waals surface area (Å²) in [6, 6.07) is 9.12. The fourth-order valence-electron chi connectivity index (χ4n) is 3.06. The molecule has 1 aliphatic rings. The third kappa shape index (κ3) is 2.50. The molecule has 1 heterocycles. The average molecular weight is 335 g/mol. The van der Waals surface area contributed by atoms with Crippen LogP contribution in [0.25, 0.3) is 0 Å². The Morgan fingerprint density at radius 2 is 2.15 bits per heavy atom. The molecular formula is C16H16BrFN2. The number of pyridine rings is 1. The maximum atomic E-state index is 14.2. The van der Waals surface area contributed by atoms with Crippen molar-refractivity contribution in [2.24, 2.45) is 5.73 Å². The van der Waals surface area contributed by atoms with Crippen LogP contribution in [0.15, 0.2) is 41.0 Å². The minimum atomic E-state index is -0.653. The lowest BCUT2D eigenvalue weighted by Gasteiger charge is -2.36. The first-order chi connectivity index (χ1) is 9.58. The van der Waals surface area contributed by atoms with Gasteiger partial charge in [-0.05, 0) is 59.0 Å². The molecular weight excluding hydrogens is 319 g/mol. The normalized spacial score (nSPS) is 21.6. The van der Waals surface area contributed by atoms with Crippen molar-refractivity contribution in [1.29, 1.82) is 0 Å². The predicted molar refractivity (Wildman–Crippen MR) is 80.8 cm³/mol. The molecule has 1 aromatic carbocycles. The number of benzene rings is 1. The maximum Gasteiger partial charge on any atom is 0.128 e. The summed E-state index contributed by atoms with van der Waals surface area (Å²) in [6.07, 6.45) is 5.00. The number of fused-ring (bicyclic) bond motifs is 1. The van der Waals surface area contributed by atoms with Gasteiger partial charge in [-0.2, -0.15) is 0 Å². The Labute approximate surface area is 126 Å². The van der Waals surface area contributed by atoms with E-state index in [1.807, 2.05) is 18.2 Å². The Morgan fingerprint density at radius 1 is 1.30 bits per heavy atom. The van der Waals surface area contributed by atoms with Crippen molar-refractivity contribution in [3.8, 4) is 0 Å². The van der Waals surface area contributed by atoms with Gasteiger partial charge in [0.2, 0.25) is 0 Å². The monoisotopic (exact) mass is 334 g/mol.